The highest BCUT2D eigenvalue weighted by Crippen LogP contribution is 2.27. The molecule has 0 bridgehead atoms. The number of nitro benzene ring substituents is 1. The zero-order valence-corrected chi connectivity index (χ0v) is 14.0. The van der Waals surface area contributed by atoms with Crippen molar-refractivity contribution in [2.24, 2.45) is 0 Å². The fourth-order valence-electron chi connectivity index (χ4n) is 2.93. The normalized spacial score (nSPS) is 12.1. The molecule has 25 heavy (non-hydrogen) atoms. The average molecular weight is 332 g/mol. The molecule has 0 unspecified atom stereocenters. The molecule has 4 heteroatoms. The maximum absolute atomic E-state index is 11.0. The Labute approximate surface area is 147 Å². The Morgan fingerprint density at radius 2 is 1.32 bits per heavy atom. The second-order valence-corrected chi connectivity index (χ2v) is 5.99. The molecule has 0 saturated carbocycles. The molecule has 0 saturated heterocycles. The van der Waals surface area contributed by atoms with Gasteiger partial charge in [0.25, 0.3) is 5.69 Å². The number of benzene rings is 3. The topological polar surface area (TPSA) is 55.2 Å². The van der Waals surface area contributed by atoms with E-state index in [4.69, 9.17) is 0 Å². The molecule has 0 fully saturated rings. The summed E-state index contributed by atoms with van der Waals surface area (Å²) >= 11 is 0. The van der Waals surface area contributed by atoms with Crippen molar-refractivity contribution in [1.82, 2.24) is 5.32 Å². The molecule has 0 spiro atoms. The van der Waals surface area contributed by atoms with Gasteiger partial charge in [0.15, 0.2) is 0 Å². The summed E-state index contributed by atoms with van der Waals surface area (Å²) in [4.78, 5) is 10.7. The lowest BCUT2D eigenvalue weighted by Gasteiger charge is -2.24. The third-order valence-electron chi connectivity index (χ3n) is 4.26. The predicted molar refractivity (Wildman–Crippen MR) is 99.4 cm³/mol. The number of nitrogens with one attached hydrogen (secondary N) is 1. The molecule has 1 N–H and O–H groups in total. The predicted octanol–water partition coefficient (Wildman–Crippen LogP) is 5.04. The lowest BCUT2D eigenvalue weighted by Crippen LogP contribution is -2.25. The van der Waals surface area contributed by atoms with Gasteiger partial charge in [-0.3, -0.25) is 15.4 Å². The lowest BCUT2D eigenvalue weighted by atomic mass is 9.96. The largest absolute Gasteiger partial charge is 0.300 e. The molecule has 0 aliphatic heterocycles. The van der Waals surface area contributed by atoms with E-state index in [2.05, 4.69) is 29.6 Å². The molecule has 0 aromatic heterocycles. The Morgan fingerprint density at radius 3 is 1.84 bits per heavy atom. The highest BCUT2D eigenvalue weighted by atomic mass is 16.6. The van der Waals surface area contributed by atoms with Crippen LogP contribution >= 0.6 is 0 Å². The number of hydrogen-bond donors (Lipinski definition) is 1. The summed E-state index contributed by atoms with van der Waals surface area (Å²) in [7, 11) is 0. The van der Waals surface area contributed by atoms with Gasteiger partial charge in [0, 0.05) is 18.2 Å². The molecule has 3 aromatic rings. The van der Waals surface area contributed by atoms with Crippen molar-refractivity contribution in [1.29, 1.82) is 0 Å². The average Bonchev–Trinajstić information content (AvgIpc) is 2.67. The third kappa shape index (κ3) is 4.11. The molecule has 1 atom stereocenters. The highest BCUT2D eigenvalue weighted by Gasteiger charge is 2.18. The number of nitro groups is 1. The molecule has 3 aromatic carbocycles. The van der Waals surface area contributed by atoms with Crippen LogP contribution in [0.4, 0.5) is 5.69 Å². The Balaban J connectivity index is 1.90. The summed E-state index contributed by atoms with van der Waals surface area (Å²) in [6, 6.07) is 27.2. The molecule has 0 aliphatic rings. The van der Waals surface area contributed by atoms with E-state index in [9.17, 15) is 10.1 Å². The van der Waals surface area contributed by atoms with Gasteiger partial charge in [0.1, 0.15) is 0 Å². The van der Waals surface area contributed by atoms with Crippen LogP contribution in [0.25, 0.3) is 0 Å². The summed E-state index contributed by atoms with van der Waals surface area (Å²) in [6.45, 7) is 2.03. The van der Waals surface area contributed by atoms with Crippen molar-refractivity contribution in [3.63, 3.8) is 0 Å². The first kappa shape index (κ1) is 16.9. The van der Waals surface area contributed by atoms with Gasteiger partial charge >= 0.3 is 0 Å². The van der Waals surface area contributed by atoms with E-state index < -0.39 is 0 Å². The monoisotopic (exact) mass is 332 g/mol. The number of nitrogens with zero attached hydrogens (tertiary/aromatic N) is 1. The van der Waals surface area contributed by atoms with Gasteiger partial charge in [0.05, 0.1) is 11.0 Å². The van der Waals surface area contributed by atoms with Gasteiger partial charge in [-0.2, -0.15) is 0 Å². The Morgan fingerprint density at radius 1 is 0.800 bits per heavy atom. The first-order chi connectivity index (χ1) is 12.1. The SMILES string of the molecule is C[C@@H](NC(c1ccccc1)c1ccccc1)c1cccc([N+](=O)[O-])c1. The van der Waals surface area contributed by atoms with Crippen LogP contribution in [-0.2, 0) is 0 Å². The van der Waals surface area contributed by atoms with Crippen LogP contribution in [0.1, 0.15) is 35.7 Å². The molecule has 0 radical (unpaired) electrons. The maximum Gasteiger partial charge on any atom is 0.269 e. The van der Waals surface area contributed by atoms with Crippen LogP contribution in [0.2, 0.25) is 0 Å². The molecule has 0 aliphatic carbocycles. The molecule has 4 nitrogen and oxygen atoms in total. The van der Waals surface area contributed by atoms with E-state index in [1.807, 2.05) is 49.4 Å². The summed E-state index contributed by atoms with van der Waals surface area (Å²) in [6.07, 6.45) is 0. The van der Waals surface area contributed by atoms with Crippen molar-refractivity contribution in [2.75, 3.05) is 0 Å². The molecular weight excluding hydrogens is 312 g/mol. The van der Waals surface area contributed by atoms with Gasteiger partial charge < -0.3 is 0 Å². The van der Waals surface area contributed by atoms with Gasteiger partial charge in [-0.25, -0.2) is 0 Å². The molecule has 126 valence electrons. The molecule has 0 amide bonds. The van der Waals surface area contributed by atoms with Crippen molar-refractivity contribution < 1.29 is 4.92 Å². The van der Waals surface area contributed by atoms with E-state index in [0.717, 1.165) is 16.7 Å². The van der Waals surface area contributed by atoms with E-state index >= 15 is 0 Å². The lowest BCUT2D eigenvalue weighted by molar-refractivity contribution is -0.384. The second kappa shape index (κ2) is 7.73. The van der Waals surface area contributed by atoms with Crippen molar-refractivity contribution in [2.45, 2.75) is 19.0 Å². The summed E-state index contributed by atoms with van der Waals surface area (Å²) < 4.78 is 0. The fraction of sp³-hybridized carbons (Fsp3) is 0.143. The van der Waals surface area contributed by atoms with Gasteiger partial charge in [0.2, 0.25) is 0 Å². The van der Waals surface area contributed by atoms with Crippen molar-refractivity contribution >= 4 is 5.69 Å². The number of rotatable bonds is 6. The zero-order chi connectivity index (χ0) is 17.6. The molecule has 3 rings (SSSR count). The van der Waals surface area contributed by atoms with Crippen LogP contribution in [0.3, 0.4) is 0 Å². The van der Waals surface area contributed by atoms with E-state index in [-0.39, 0.29) is 22.7 Å². The summed E-state index contributed by atoms with van der Waals surface area (Å²) in [5, 5.41) is 14.6. The smallest absolute Gasteiger partial charge is 0.269 e. The van der Waals surface area contributed by atoms with Gasteiger partial charge in [-0.1, -0.05) is 72.8 Å². The third-order valence-corrected chi connectivity index (χ3v) is 4.26. The van der Waals surface area contributed by atoms with Crippen LogP contribution in [0.15, 0.2) is 84.9 Å². The van der Waals surface area contributed by atoms with Crippen molar-refractivity contribution in [3.8, 4) is 0 Å². The fourth-order valence-corrected chi connectivity index (χ4v) is 2.93. The van der Waals surface area contributed by atoms with Gasteiger partial charge in [-0.05, 0) is 23.6 Å². The quantitative estimate of drug-likeness (QED) is 0.508. The summed E-state index contributed by atoms with van der Waals surface area (Å²) in [5.41, 5.74) is 3.32. The Hall–Kier alpha value is -2.98. The minimum atomic E-state index is -0.359. The zero-order valence-electron chi connectivity index (χ0n) is 14.0. The number of hydrogen-bond acceptors (Lipinski definition) is 3. The van der Waals surface area contributed by atoms with Crippen LogP contribution in [0.5, 0.6) is 0 Å². The second-order valence-electron chi connectivity index (χ2n) is 5.99. The standard InChI is InChI=1S/C21H20N2O2/c1-16(19-13-8-14-20(15-19)23(24)25)22-21(17-9-4-2-5-10-17)18-11-6-3-7-12-18/h2-16,21-22H,1H3/t16-/m1/s1. The minimum absolute atomic E-state index is 0.0108. The van der Waals surface area contributed by atoms with Crippen LogP contribution in [-0.4, -0.2) is 4.92 Å². The Bertz CT molecular complexity index is 795. The van der Waals surface area contributed by atoms with Gasteiger partial charge in [-0.15, -0.1) is 0 Å². The van der Waals surface area contributed by atoms with Crippen LogP contribution < -0.4 is 5.32 Å². The highest BCUT2D eigenvalue weighted by molar-refractivity contribution is 5.37. The van der Waals surface area contributed by atoms with Crippen LogP contribution in [0, 0.1) is 10.1 Å². The maximum atomic E-state index is 11.0. The Kier molecular flexibility index (Phi) is 5.21. The van der Waals surface area contributed by atoms with Crippen molar-refractivity contribution in [3.05, 3.63) is 112 Å². The van der Waals surface area contributed by atoms with E-state index in [0.29, 0.717) is 0 Å². The van der Waals surface area contributed by atoms with E-state index in [1.54, 1.807) is 12.1 Å². The first-order valence-corrected chi connectivity index (χ1v) is 8.25. The molecule has 0 heterocycles. The number of non-ortho nitro benzene ring substituents is 1. The molecular formula is C21H20N2O2. The summed E-state index contributed by atoms with van der Waals surface area (Å²) in [5.74, 6) is 0. The first-order valence-electron chi connectivity index (χ1n) is 8.25. The minimum Gasteiger partial charge on any atom is -0.300 e. The van der Waals surface area contributed by atoms with E-state index in [1.165, 1.54) is 6.07 Å².